The minimum absolute atomic E-state index is 0.140. The monoisotopic (exact) mass is 303 g/mol. The molecule has 0 aromatic heterocycles. The maximum atomic E-state index is 11.7. The predicted octanol–water partition coefficient (Wildman–Crippen LogP) is 2.49. The van der Waals surface area contributed by atoms with E-state index in [1.165, 1.54) is 7.11 Å². The molecule has 0 aliphatic heterocycles. The van der Waals surface area contributed by atoms with Gasteiger partial charge in [-0.05, 0) is 32.9 Å². The summed E-state index contributed by atoms with van der Waals surface area (Å²) in [6.07, 6.45) is -0.537. The number of hydrogen-bond acceptors (Lipinski definition) is 4. The van der Waals surface area contributed by atoms with Gasteiger partial charge in [-0.1, -0.05) is 30.0 Å². The highest BCUT2D eigenvalue weighted by atomic mass is 16.6. The molecule has 1 atom stereocenters. The molecule has 1 unspecified atom stereocenters. The van der Waals surface area contributed by atoms with Crippen molar-refractivity contribution in [3.05, 3.63) is 35.9 Å². The summed E-state index contributed by atoms with van der Waals surface area (Å²) < 4.78 is 9.79. The first-order chi connectivity index (χ1) is 10.3. The van der Waals surface area contributed by atoms with E-state index in [2.05, 4.69) is 21.9 Å². The number of carbonyl (C=O) groups excluding carboxylic acids is 2. The van der Waals surface area contributed by atoms with Gasteiger partial charge in [0.05, 0.1) is 7.11 Å². The van der Waals surface area contributed by atoms with E-state index in [-0.39, 0.29) is 6.42 Å². The van der Waals surface area contributed by atoms with Gasteiger partial charge in [-0.3, -0.25) is 0 Å². The Kier molecular flexibility index (Phi) is 6.46. The molecule has 0 radical (unpaired) electrons. The van der Waals surface area contributed by atoms with Gasteiger partial charge in [-0.2, -0.15) is 0 Å². The third kappa shape index (κ3) is 6.80. The van der Waals surface area contributed by atoms with Crippen molar-refractivity contribution < 1.29 is 19.1 Å². The zero-order valence-electron chi connectivity index (χ0n) is 13.3. The molecule has 1 aromatic rings. The fraction of sp³-hybridized carbons (Fsp3) is 0.412. The van der Waals surface area contributed by atoms with Crippen LogP contribution in [0.1, 0.15) is 32.8 Å². The van der Waals surface area contributed by atoms with Crippen molar-refractivity contribution in [1.82, 2.24) is 5.32 Å². The van der Waals surface area contributed by atoms with E-state index >= 15 is 0 Å². The van der Waals surface area contributed by atoms with Crippen molar-refractivity contribution in [1.29, 1.82) is 0 Å². The number of benzene rings is 1. The van der Waals surface area contributed by atoms with E-state index in [1.54, 1.807) is 20.8 Å². The van der Waals surface area contributed by atoms with Crippen LogP contribution in [0.4, 0.5) is 4.79 Å². The van der Waals surface area contributed by atoms with Crippen LogP contribution in [0.25, 0.3) is 0 Å². The molecule has 0 bridgehead atoms. The normalized spacial score (nSPS) is 11.6. The Morgan fingerprint density at radius 3 is 2.41 bits per heavy atom. The second kappa shape index (κ2) is 8.08. The van der Waals surface area contributed by atoms with Gasteiger partial charge < -0.3 is 14.8 Å². The maximum absolute atomic E-state index is 11.7. The maximum Gasteiger partial charge on any atom is 0.408 e. The highest BCUT2D eigenvalue weighted by molar-refractivity contribution is 5.81. The first kappa shape index (κ1) is 17.6. The van der Waals surface area contributed by atoms with E-state index in [1.807, 2.05) is 30.3 Å². The lowest BCUT2D eigenvalue weighted by Gasteiger charge is -2.21. The van der Waals surface area contributed by atoms with Gasteiger partial charge in [0.1, 0.15) is 11.6 Å². The highest BCUT2D eigenvalue weighted by Gasteiger charge is 2.24. The Balaban J connectivity index is 2.68. The lowest BCUT2D eigenvalue weighted by Crippen LogP contribution is -2.43. The zero-order valence-corrected chi connectivity index (χ0v) is 13.3. The molecule has 1 amide bonds. The molecule has 0 heterocycles. The molecule has 0 saturated carbocycles. The third-order valence-corrected chi connectivity index (χ3v) is 2.49. The Morgan fingerprint density at radius 1 is 1.23 bits per heavy atom. The Bertz CT molecular complexity index is 564. The summed E-state index contributed by atoms with van der Waals surface area (Å²) in [5.74, 6) is 5.23. The fourth-order valence-corrected chi connectivity index (χ4v) is 1.56. The van der Waals surface area contributed by atoms with E-state index in [9.17, 15) is 9.59 Å². The van der Waals surface area contributed by atoms with Crippen LogP contribution in [0.2, 0.25) is 0 Å². The summed E-state index contributed by atoms with van der Waals surface area (Å²) in [5, 5.41) is 2.47. The third-order valence-electron chi connectivity index (χ3n) is 2.49. The quantitative estimate of drug-likeness (QED) is 0.688. The fourth-order valence-electron chi connectivity index (χ4n) is 1.56. The molecule has 5 nitrogen and oxygen atoms in total. The second-order valence-corrected chi connectivity index (χ2v) is 5.59. The Hall–Kier alpha value is -2.48. The van der Waals surface area contributed by atoms with Crippen LogP contribution in [0.15, 0.2) is 30.3 Å². The van der Waals surface area contributed by atoms with Gasteiger partial charge in [-0.25, -0.2) is 9.59 Å². The number of alkyl carbamates (subject to hydrolysis) is 1. The number of rotatable bonds is 3. The molecule has 0 spiro atoms. The summed E-state index contributed by atoms with van der Waals surface area (Å²) in [4.78, 5) is 23.4. The molecular weight excluding hydrogens is 282 g/mol. The zero-order chi connectivity index (χ0) is 16.6. The molecule has 118 valence electrons. The van der Waals surface area contributed by atoms with E-state index < -0.39 is 23.7 Å². The number of carbonyl (C=O) groups is 2. The van der Waals surface area contributed by atoms with Crippen LogP contribution >= 0.6 is 0 Å². The predicted molar refractivity (Wildman–Crippen MR) is 83.1 cm³/mol. The van der Waals surface area contributed by atoms with E-state index in [0.29, 0.717) is 0 Å². The van der Waals surface area contributed by atoms with Gasteiger partial charge in [0.25, 0.3) is 0 Å². The lowest BCUT2D eigenvalue weighted by molar-refractivity contribution is -0.143. The molecule has 0 fully saturated rings. The highest BCUT2D eigenvalue weighted by Crippen LogP contribution is 2.07. The Labute approximate surface area is 131 Å². The van der Waals surface area contributed by atoms with Crippen LogP contribution in [-0.4, -0.2) is 30.8 Å². The average Bonchev–Trinajstić information content (AvgIpc) is 2.44. The van der Waals surface area contributed by atoms with Crippen molar-refractivity contribution in [3.63, 3.8) is 0 Å². The van der Waals surface area contributed by atoms with Gasteiger partial charge >= 0.3 is 12.1 Å². The van der Waals surface area contributed by atoms with Gasteiger partial charge in [0.15, 0.2) is 0 Å². The van der Waals surface area contributed by atoms with Crippen molar-refractivity contribution in [2.45, 2.75) is 38.8 Å². The number of nitrogens with one attached hydrogen (secondary N) is 1. The van der Waals surface area contributed by atoms with Gasteiger partial charge in [-0.15, -0.1) is 0 Å². The summed E-state index contributed by atoms with van der Waals surface area (Å²) in [6.45, 7) is 5.23. The standard InChI is InChI=1S/C17H21NO4/c1-17(2,3)22-16(20)18-14(15(19)21-4)12-8-11-13-9-6-5-7-10-13/h5-7,9-10,14H,12H2,1-4H3,(H,18,20). The molecule has 0 aliphatic rings. The minimum Gasteiger partial charge on any atom is -0.467 e. The molecule has 22 heavy (non-hydrogen) atoms. The SMILES string of the molecule is COC(=O)C(CC#Cc1ccccc1)NC(=O)OC(C)(C)C. The largest absolute Gasteiger partial charge is 0.467 e. The van der Waals surface area contributed by atoms with Gasteiger partial charge in [0, 0.05) is 12.0 Å². The smallest absolute Gasteiger partial charge is 0.408 e. The average molecular weight is 303 g/mol. The summed E-state index contributed by atoms with van der Waals surface area (Å²) >= 11 is 0. The number of ether oxygens (including phenoxy) is 2. The molecule has 1 rings (SSSR count). The number of esters is 1. The molecular formula is C17H21NO4. The molecule has 5 heteroatoms. The summed E-state index contributed by atoms with van der Waals surface area (Å²) in [5.41, 5.74) is 0.198. The van der Waals surface area contributed by atoms with Crippen LogP contribution in [0.5, 0.6) is 0 Å². The second-order valence-electron chi connectivity index (χ2n) is 5.59. The number of amides is 1. The first-order valence-electron chi connectivity index (χ1n) is 6.93. The van der Waals surface area contributed by atoms with Gasteiger partial charge in [0.2, 0.25) is 0 Å². The molecule has 0 saturated heterocycles. The summed E-state index contributed by atoms with van der Waals surface area (Å²) in [6, 6.07) is 8.51. The van der Waals surface area contributed by atoms with E-state index in [0.717, 1.165) is 5.56 Å². The topological polar surface area (TPSA) is 64.6 Å². The van der Waals surface area contributed by atoms with Crippen molar-refractivity contribution in [2.24, 2.45) is 0 Å². The van der Waals surface area contributed by atoms with Crippen molar-refractivity contribution in [2.75, 3.05) is 7.11 Å². The lowest BCUT2D eigenvalue weighted by atomic mass is 10.2. The summed E-state index contributed by atoms with van der Waals surface area (Å²) in [7, 11) is 1.26. The van der Waals surface area contributed by atoms with Crippen LogP contribution < -0.4 is 5.32 Å². The van der Waals surface area contributed by atoms with Crippen LogP contribution in [-0.2, 0) is 14.3 Å². The van der Waals surface area contributed by atoms with Crippen molar-refractivity contribution in [3.8, 4) is 11.8 Å². The van der Waals surface area contributed by atoms with Crippen molar-refractivity contribution >= 4 is 12.1 Å². The number of hydrogen-bond donors (Lipinski definition) is 1. The molecule has 1 N–H and O–H groups in total. The first-order valence-corrected chi connectivity index (χ1v) is 6.93. The molecule has 0 aliphatic carbocycles. The number of methoxy groups -OCH3 is 1. The van der Waals surface area contributed by atoms with E-state index in [4.69, 9.17) is 4.74 Å². The van der Waals surface area contributed by atoms with Crippen LogP contribution in [0, 0.1) is 11.8 Å². The van der Waals surface area contributed by atoms with Crippen LogP contribution in [0.3, 0.4) is 0 Å². The minimum atomic E-state index is -0.865. The Morgan fingerprint density at radius 2 is 1.86 bits per heavy atom. The molecule has 1 aromatic carbocycles.